The SMILES string of the molecule is CCOc1ccccc1C(=O)OCC(=O)N[C@H](C)c1ccc(C)c(C)c1. The molecule has 0 saturated heterocycles. The van der Waals surface area contributed by atoms with E-state index in [1.165, 1.54) is 11.1 Å². The van der Waals surface area contributed by atoms with Gasteiger partial charge < -0.3 is 14.8 Å². The number of benzene rings is 2. The van der Waals surface area contributed by atoms with Gasteiger partial charge in [0.25, 0.3) is 5.91 Å². The highest BCUT2D eigenvalue weighted by molar-refractivity contribution is 5.94. The Labute approximate surface area is 154 Å². The summed E-state index contributed by atoms with van der Waals surface area (Å²) in [6.45, 7) is 7.91. The van der Waals surface area contributed by atoms with Gasteiger partial charge in [-0.1, -0.05) is 30.3 Å². The van der Waals surface area contributed by atoms with E-state index >= 15 is 0 Å². The zero-order valence-electron chi connectivity index (χ0n) is 15.7. The van der Waals surface area contributed by atoms with Gasteiger partial charge in [-0.05, 0) is 56.5 Å². The van der Waals surface area contributed by atoms with E-state index in [0.29, 0.717) is 17.9 Å². The number of aryl methyl sites for hydroxylation is 2. The van der Waals surface area contributed by atoms with Gasteiger partial charge in [0.15, 0.2) is 6.61 Å². The topological polar surface area (TPSA) is 64.6 Å². The van der Waals surface area contributed by atoms with Gasteiger partial charge >= 0.3 is 5.97 Å². The van der Waals surface area contributed by atoms with E-state index in [4.69, 9.17) is 9.47 Å². The molecule has 0 fully saturated rings. The van der Waals surface area contributed by atoms with E-state index < -0.39 is 5.97 Å². The van der Waals surface area contributed by atoms with Crippen molar-refractivity contribution in [3.8, 4) is 5.75 Å². The smallest absolute Gasteiger partial charge is 0.342 e. The summed E-state index contributed by atoms with van der Waals surface area (Å²) in [5.41, 5.74) is 3.69. The monoisotopic (exact) mass is 355 g/mol. The standard InChI is InChI=1S/C21H25NO4/c1-5-25-19-9-7-6-8-18(19)21(24)26-13-20(23)22-16(4)17-11-10-14(2)15(3)12-17/h6-12,16H,5,13H2,1-4H3,(H,22,23)/t16-/m1/s1. The van der Waals surface area contributed by atoms with Crippen molar-refractivity contribution < 1.29 is 19.1 Å². The summed E-state index contributed by atoms with van der Waals surface area (Å²) in [6, 6.07) is 12.7. The molecule has 1 atom stereocenters. The van der Waals surface area contributed by atoms with Crippen LogP contribution >= 0.6 is 0 Å². The molecule has 0 aliphatic rings. The minimum atomic E-state index is -0.581. The molecular weight excluding hydrogens is 330 g/mol. The normalized spacial score (nSPS) is 11.5. The Bertz CT molecular complexity index is 785. The molecule has 0 saturated carbocycles. The molecule has 2 rings (SSSR count). The summed E-state index contributed by atoms with van der Waals surface area (Å²) in [4.78, 5) is 24.3. The van der Waals surface area contributed by atoms with E-state index in [-0.39, 0.29) is 18.6 Å². The van der Waals surface area contributed by atoms with Crippen LogP contribution in [0.15, 0.2) is 42.5 Å². The minimum absolute atomic E-state index is 0.170. The van der Waals surface area contributed by atoms with Crippen LogP contribution in [0.25, 0.3) is 0 Å². The fourth-order valence-corrected chi connectivity index (χ4v) is 2.53. The number of para-hydroxylation sites is 1. The summed E-state index contributed by atoms with van der Waals surface area (Å²) >= 11 is 0. The van der Waals surface area contributed by atoms with Gasteiger partial charge in [0.2, 0.25) is 0 Å². The second-order valence-electron chi connectivity index (χ2n) is 6.14. The van der Waals surface area contributed by atoms with Crippen LogP contribution in [-0.4, -0.2) is 25.1 Å². The number of hydrogen-bond acceptors (Lipinski definition) is 4. The van der Waals surface area contributed by atoms with Gasteiger partial charge in [-0.3, -0.25) is 4.79 Å². The van der Waals surface area contributed by atoms with Crippen molar-refractivity contribution in [3.63, 3.8) is 0 Å². The maximum atomic E-state index is 12.2. The van der Waals surface area contributed by atoms with Gasteiger partial charge in [0, 0.05) is 0 Å². The summed E-state index contributed by atoms with van der Waals surface area (Å²) in [5, 5.41) is 2.84. The summed E-state index contributed by atoms with van der Waals surface area (Å²) in [6.07, 6.45) is 0. The lowest BCUT2D eigenvalue weighted by atomic mass is 10.0. The second kappa shape index (κ2) is 9.04. The maximum Gasteiger partial charge on any atom is 0.342 e. The van der Waals surface area contributed by atoms with Crippen molar-refractivity contribution in [2.45, 2.75) is 33.7 Å². The van der Waals surface area contributed by atoms with Crippen molar-refractivity contribution in [3.05, 3.63) is 64.7 Å². The Morgan fingerprint density at radius 2 is 1.81 bits per heavy atom. The molecule has 138 valence electrons. The first-order chi connectivity index (χ1) is 12.4. The van der Waals surface area contributed by atoms with E-state index in [1.54, 1.807) is 24.3 Å². The molecule has 1 amide bonds. The molecule has 2 aromatic rings. The highest BCUT2D eigenvalue weighted by Crippen LogP contribution is 2.19. The van der Waals surface area contributed by atoms with Crippen molar-refractivity contribution in [1.29, 1.82) is 0 Å². The minimum Gasteiger partial charge on any atom is -0.493 e. The first-order valence-electron chi connectivity index (χ1n) is 8.67. The van der Waals surface area contributed by atoms with E-state index in [9.17, 15) is 9.59 Å². The Balaban J connectivity index is 1.92. The Hall–Kier alpha value is -2.82. The number of nitrogens with one attached hydrogen (secondary N) is 1. The molecule has 1 N–H and O–H groups in total. The predicted molar refractivity (Wildman–Crippen MR) is 100 cm³/mol. The Morgan fingerprint density at radius 1 is 1.08 bits per heavy atom. The molecule has 0 radical (unpaired) electrons. The fraction of sp³-hybridized carbons (Fsp3) is 0.333. The molecule has 0 heterocycles. The van der Waals surface area contributed by atoms with Crippen molar-refractivity contribution in [1.82, 2.24) is 5.32 Å². The first-order valence-corrected chi connectivity index (χ1v) is 8.67. The number of hydrogen-bond donors (Lipinski definition) is 1. The molecule has 2 aromatic carbocycles. The average molecular weight is 355 g/mol. The number of esters is 1. The van der Waals surface area contributed by atoms with Gasteiger partial charge in [-0.2, -0.15) is 0 Å². The number of carbonyl (C=O) groups excluding carboxylic acids is 2. The third-order valence-electron chi connectivity index (χ3n) is 4.15. The molecule has 5 heteroatoms. The predicted octanol–water partition coefficient (Wildman–Crippen LogP) is 3.74. The molecule has 0 spiro atoms. The highest BCUT2D eigenvalue weighted by atomic mass is 16.5. The van der Waals surface area contributed by atoms with Crippen LogP contribution in [0.2, 0.25) is 0 Å². The van der Waals surface area contributed by atoms with E-state index in [1.807, 2.05) is 45.9 Å². The molecule has 5 nitrogen and oxygen atoms in total. The van der Waals surface area contributed by atoms with Crippen molar-refractivity contribution in [2.75, 3.05) is 13.2 Å². The highest BCUT2D eigenvalue weighted by Gasteiger charge is 2.16. The van der Waals surface area contributed by atoms with E-state index in [2.05, 4.69) is 5.32 Å². The molecule has 0 unspecified atom stereocenters. The molecular formula is C21H25NO4. The third kappa shape index (κ3) is 5.09. The van der Waals surface area contributed by atoms with Crippen LogP contribution in [0.4, 0.5) is 0 Å². The van der Waals surface area contributed by atoms with Crippen LogP contribution in [0.1, 0.15) is 46.9 Å². The lowest BCUT2D eigenvalue weighted by Gasteiger charge is -2.16. The summed E-state index contributed by atoms with van der Waals surface area (Å²) in [7, 11) is 0. The zero-order chi connectivity index (χ0) is 19.1. The van der Waals surface area contributed by atoms with Crippen LogP contribution in [0, 0.1) is 13.8 Å². The van der Waals surface area contributed by atoms with Crippen LogP contribution in [0.5, 0.6) is 5.75 Å². The summed E-state index contributed by atoms with van der Waals surface area (Å²) in [5.74, 6) is -0.482. The van der Waals surface area contributed by atoms with Crippen LogP contribution in [-0.2, 0) is 9.53 Å². The molecule has 0 aromatic heterocycles. The molecule has 0 aliphatic heterocycles. The molecule has 0 aliphatic carbocycles. The van der Waals surface area contributed by atoms with Crippen molar-refractivity contribution in [2.24, 2.45) is 0 Å². The maximum absolute atomic E-state index is 12.2. The van der Waals surface area contributed by atoms with Crippen LogP contribution in [0.3, 0.4) is 0 Å². The number of ether oxygens (including phenoxy) is 2. The average Bonchev–Trinajstić information content (AvgIpc) is 2.62. The first kappa shape index (κ1) is 19.5. The van der Waals surface area contributed by atoms with Gasteiger partial charge in [0.05, 0.1) is 12.6 Å². The summed E-state index contributed by atoms with van der Waals surface area (Å²) < 4.78 is 10.5. The van der Waals surface area contributed by atoms with Crippen LogP contribution < -0.4 is 10.1 Å². The quantitative estimate of drug-likeness (QED) is 0.769. The number of amides is 1. The Morgan fingerprint density at radius 3 is 2.50 bits per heavy atom. The van der Waals surface area contributed by atoms with Gasteiger partial charge in [-0.15, -0.1) is 0 Å². The van der Waals surface area contributed by atoms with Crippen molar-refractivity contribution >= 4 is 11.9 Å². The van der Waals surface area contributed by atoms with Gasteiger partial charge in [0.1, 0.15) is 11.3 Å². The van der Waals surface area contributed by atoms with E-state index in [0.717, 1.165) is 5.56 Å². The molecule has 0 bridgehead atoms. The second-order valence-corrected chi connectivity index (χ2v) is 6.14. The molecule has 26 heavy (non-hydrogen) atoms. The lowest BCUT2D eigenvalue weighted by molar-refractivity contribution is -0.124. The number of carbonyl (C=O) groups is 2. The Kier molecular flexibility index (Phi) is 6.78. The number of rotatable bonds is 7. The lowest BCUT2D eigenvalue weighted by Crippen LogP contribution is -2.31. The van der Waals surface area contributed by atoms with Gasteiger partial charge in [-0.25, -0.2) is 4.79 Å². The largest absolute Gasteiger partial charge is 0.493 e. The fourth-order valence-electron chi connectivity index (χ4n) is 2.53. The third-order valence-corrected chi connectivity index (χ3v) is 4.15. The zero-order valence-corrected chi connectivity index (χ0v) is 15.7.